The Balaban J connectivity index is 1.92. The van der Waals surface area contributed by atoms with Crippen molar-refractivity contribution in [3.8, 4) is 6.07 Å². The maximum atomic E-state index is 13.7. The molecule has 1 heterocycles. The lowest BCUT2D eigenvalue weighted by molar-refractivity contribution is -0.145. The third-order valence-electron chi connectivity index (χ3n) is 3.55. The van der Waals surface area contributed by atoms with Crippen molar-refractivity contribution in [3.05, 3.63) is 35.1 Å². The highest BCUT2D eigenvalue weighted by Crippen LogP contribution is 2.16. The van der Waals surface area contributed by atoms with E-state index in [1.165, 1.54) is 23.1 Å². The molecule has 1 aliphatic heterocycles. The number of carbonyl (C=O) groups is 1. The zero-order valence-electron chi connectivity index (χ0n) is 12.1. The Labute approximate surface area is 123 Å². The number of amides is 1. The van der Waals surface area contributed by atoms with Crippen molar-refractivity contribution in [2.75, 3.05) is 26.7 Å². The standard InChI is InChI=1S/C15H18FN3O2/c1-15(9-18-10-15)21-8-14(20)19(2)7-12-5-11(6-17)3-4-13(12)16/h3-5,18H,7-10H2,1-2H3. The largest absolute Gasteiger partial charge is 0.363 e. The summed E-state index contributed by atoms with van der Waals surface area (Å²) in [6.07, 6.45) is 0. The van der Waals surface area contributed by atoms with Crippen molar-refractivity contribution < 1.29 is 13.9 Å². The molecular weight excluding hydrogens is 273 g/mol. The van der Waals surface area contributed by atoms with Crippen LogP contribution in [0, 0.1) is 17.1 Å². The van der Waals surface area contributed by atoms with Crippen LogP contribution in [0.15, 0.2) is 18.2 Å². The lowest BCUT2D eigenvalue weighted by Gasteiger charge is -2.39. The van der Waals surface area contributed by atoms with Gasteiger partial charge in [-0.05, 0) is 25.1 Å². The van der Waals surface area contributed by atoms with Gasteiger partial charge in [0, 0.05) is 32.2 Å². The first-order valence-corrected chi connectivity index (χ1v) is 6.71. The Morgan fingerprint density at radius 1 is 1.57 bits per heavy atom. The van der Waals surface area contributed by atoms with E-state index in [2.05, 4.69) is 5.32 Å². The molecule has 0 unspecified atom stereocenters. The van der Waals surface area contributed by atoms with Gasteiger partial charge in [-0.15, -0.1) is 0 Å². The quantitative estimate of drug-likeness (QED) is 0.880. The van der Waals surface area contributed by atoms with Crippen LogP contribution in [0.2, 0.25) is 0 Å². The van der Waals surface area contributed by atoms with Gasteiger partial charge in [-0.3, -0.25) is 4.79 Å². The fourth-order valence-electron chi connectivity index (χ4n) is 2.03. The number of rotatable bonds is 5. The van der Waals surface area contributed by atoms with Gasteiger partial charge in [0.2, 0.25) is 5.91 Å². The molecule has 1 aromatic rings. The Bertz CT molecular complexity index is 579. The number of ether oxygens (including phenoxy) is 1. The lowest BCUT2D eigenvalue weighted by Crippen LogP contribution is -2.59. The zero-order valence-corrected chi connectivity index (χ0v) is 12.1. The zero-order chi connectivity index (χ0) is 15.5. The van der Waals surface area contributed by atoms with Crippen LogP contribution in [0.5, 0.6) is 0 Å². The Kier molecular flexibility index (Phi) is 4.56. The summed E-state index contributed by atoms with van der Waals surface area (Å²) in [5.74, 6) is -0.644. The lowest BCUT2D eigenvalue weighted by atomic mass is 10.0. The number of hydrogen-bond acceptors (Lipinski definition) is 4. The highest BCUT2D eigenvalue weighted by Gasteiger charge is 2.33. The second-order valence-electron chi connectivity index (χ2n) is 5.51. The third-order valence-corrected chi connectivity index (χ3v) is 3.55. The molecule has 21 heavy (non-hydrogen) atoms. The summed E-state index contributed by atoms with van der Waals surface area (Å²) >= 11 is 0. The summed E-state index contributed by atoms with van der Waals surface area (Å²) in [6, 6.07) is 6.06. The molecule has 0 aliphatic carbocycles. The molecule has 6 heteroatoms. The molecule has 5 nitrogen and oxygen atoms in total. The number of nitrogens with one attached hydrogen (secondary N) is 1. The first-order valence-electron chi connectivity index (χ1n) is 6.71. The summed E-state index contributed by atoms with van der Waals surface area (Å²) in [7, 11) is 1.59. The molecule has 0 bridgehead atoms. The fourth-order valence-corrected chi connectivity index (χ4v) is 2.03. The molecule has 1 N–H and O–H groups in total. The molecule has 2 rings (SSSR count). The van der Waals surface area contributed by atoms with Crippen molar-refractivity contribution in [3.63, 3.8) is 0 Å². The Hall–Kier alpha value is -1.97. The van der Waals surface area contributed by atoms with E-state index in [9.17, 15) is 9.18 Å². The summed E-state index contributed by atoms with van der Waals surface area (Å²) < 4.78 is 19.2. The first kappa shape index (κ1) is 15.4. The van der Waals surface area contributed by atoms with Crippen LogP contribution >= 0.6 is 0 Å². The molecule has 1 aliphatic rings. The second kappa shape index (κ2) is 6.20. The molecule has 0 aromatic heterocycles. The van der Waals surface area contributed by atoms with Gasteiger partial charge >= 0.3 is 0 Å². The normalized spacial score (nSPS) is 15.9. The van der Waals surface area contributed by atoms with Crippen LogP contribution in [0.25, 0.3) is 0 Å². The van der Waals surface area contributed by atoms with E-state index in [4.69, 9.17) is 10.00 Å². The van der Waals surface area contributed by atoms with Gasteiger partial charge in [-0.1, -0.05) is 0 Å². The highest BCUT2D eigenvalue weighted by molar-refractivity contribution is 5.77. The monoisotopic (exact) mass is 291 g/mol. The Morgan fingerprint density at radius 3 is 2.86 bits per heavy atom. The number of carbonyl (C=O) groups excluding carboxylic acids is 1. The maximum Gasteiger partial charge on any atom is 0.248 e. The van der Waals surface area contributed by atoms with Crippen molar-refractivity contribution in [2.24, 2.45) is 0 Å². The van der Waals surface area contributed by atoms with Gasteiger partial charge in [0.05, 0.1) is 17.2 Å². The van der Waals surface area contributed by atoms with Crippen molar-refractivity contribution in [1.29, 1.82) is 5.26 Å². The highest BCUT2D eigenvalue weighted by atomic mass is 19.1. The third kappa shape index (κ3) is 3.78. The predicted octanol–water partition coefficient (Wildman–Crippen LogP) is 1.03. The van der Waals surface area contributed by atoms with E-state index in [1.807, 2.05) is 13.0 Å². The van der Waals surface area contributed by atoms with Crippen molar-refractivity contribution >= 4 is 5.91 Å². The van der Waals surface area contributed by atoms with E-state index in [0.717, 1.165) is 13.1 Å². The van der Waals surface area contributed by atoms with Crippen LogP contribution in [-0.4, -0.2) is 43.2 Å². The molecule has 112 valence electrons. The van der Waals surface area contributed by atoms with Gasteiger partial charge in [0.1, 0.15) is 12.4 Å². The van der Waals surface area contributed by atoms with Gasteiger partial charge in [0.15, 0.2) is 0 Å². The molecule has 1 amide bonds. The molecule has 1 fully saturated rings. The van der Waals surface area contributed by atoms with Gasteiger partial charge < -0.3 is 15.0 Å². The average molecular weight is 291 g/mol. The minimum Gasteiger partial charge on any atom is -0.363 e. The van der Waals surface area contributed by atoms with E-state index in [1.54, 1.807) is 7.05 Å². The predicted molar refractivity (Wildman–Crippen MR) is 74.8 cm³/mol. The number of benzene rings is 1. The van der Waals surface area contributed by atoms with E-state index in [-0.39, 0.29) is 24.7 Å². The maximum absolute atomic E-state index is 13.7. The number of halogens is 1. The molecule has 0 radical (unpaired) electrons. The van der Waals surface area contributed by atoms with Crippen LogP contribution in [0.4, 0.5) is 4.39 Å². The summed E-state index contributed by atoms with van der Waals surface area (Å²) in [5.41, 5.74) is 0.403. The number of nitriles is 1. The number of hydrogen-bond donors (Lipinski definition) is 1. The molecular formula is C15H18FN3O2. The van der Waals surface area contributed by atoms with E-state index in [0.29, 0.717) is 11.1 Å². The van der Waals surface area contributed by atoms with Crippen LogP contribution < -0.4 is 5.32 Å². The summed E-state index contributed by atoms with van der Waals surface area (Å²) in [5, 5.41) is 11.9. The summed E-state index contributed by atoms with van der Waals surface area (Å²) in [6.45, 7) is 3.46. The van der Waals surface area contributed by atoms with Crippen molar-refractivity contribution in [2.45, 2.75) is 19.1 Å². The molecule has 0 saturated carbocycles. The summed E-state index contributed by atoms with van der Waals surface area (Å²) in [4.78, 5) is 13.4. The Morgan fingerprint density at radius 2 is 2.29 bits per heavy atom. The molecule has 1 aromatic carbocycles. The van der Waals surface area contributed by atoms with Gasteiger partial charge in [-0.2, -0.15) is 5.26 Å². The number of nitrogens with zero attached hydrogens (tertiary/aromatic N) is 2. The van der Waals surface area contributed by atoms with Crippen molar-refractivity contribution in [1.82, 2.24) is 10.2 Å². The van der Waals surface area contributed by atoms with E-state index >= 15 is 0 Å². The molecule has 0 spiro atoms. The van der Waals surface area contributed by atoms with E-state index < -0.39 is 5.82 Å². The SMILES string of the molecule is CN(Cc1cc(C#N)ccc1F)C(=O)COC1(C)CNC1. The van der Waals surface area contributed by atoms with Gasteiger partial charge in [-0.25, -0.2) is 4.39 Å². The van der Waals surface area contributed by atoms with Crippen LogP contribution in [0.1, 0.15) is 18.1 Å². The van der Waals surface area contributed by atoms with Crippen LogP contribution in [0.3, 0.4) is 0 Å². The topological polar surface area (TPSA) is 65.4 Å². The van der Waals surface area contributed by atoms with Gasteiger partial charge in [0.25, 0.3) is 0 Å². The minimum atomic E-state index is -0.426. The van der Waals surface area contributed by atoms with Crippen LogP contribution in [-0.2, 0) is 16.1 Å². The number of likely N-dealkylation sites (N-methyl/N-ethyl adjacent to an activating group) is 1. The average Bonchev–Trinajstić information content (AvgIpc) is 2.44. The smallest absolute Gasteiger partial charge is 0.248 e. The molecule has 1 saturated heterocycles. The fraction of sp³-hybridized carbons (Fsp3) is 0.467. The minimum absolute atomic E-state index is 0.0335. The second-order valence-corrected chi connectivity index (χ2v) is 5.51. The molecule has 0 atom stereocenters. The first-order chi connectivity index (χ1) is 9.93.